The molecule has 9 heavy (non-hydrogen) atoms. The Morgan fingerprint density at radius 2 is 2.33 bits per heavy atom. The van der Waals surface area contributed by atoms with Crippen molar-refractivity contribution in [2.75, 3.05) is 13.0 Å². The molecule has 1 unspecified atom stereocenters. The van der Waals surface area contributed by atoms with Crippen LogP contribution in [-0.4, -0.2) is 23.1 Å². The van der Waals surface area contributed by atoms with Gasteiger partial charge in [-0.2, -0.15) is 0 Å². The third-order valence-electron chi connectivity index (χ3n) is 0.625. The van der Waals surface area contributed by atoms with Crippen LogP contribution >= 0.6 is 0 Å². The van der Waals surface area contributed by atoms with E-state index in [0.717, 1.165) is 0 Å². The van der Waals surface area contributed by atoms with E-state index in [1.54, 1.807) is 0 Å². The van der Waals surface area contributed by atoms with E-state index in [0.29, 0.717) is 0 Å². The third-order valence-corrected chi connectivity index (χ3v) is 1.38. The molecule has 0 aromatic carbocycles. The van der Waals surface area contributed by atoms with Gasteiger partial charge in [-0.15, -0.1) is 0 Å². The van der Waals surface area contributed by atoms with Crippen molar-refractivity contribution in [1.82, 2.24) is 5.32 Å². The number of hydrogen-bond donors (Lipinski definition) is 1. The molecule has 0 aliphatic heterocycles. The normalized spacial score (nSPS) is 12.7. The molecule has 0 saturated carbocycles. The van der Waals surface area contributed by atoms with Crippen molar-refractivity contribution in [3.8, 4) is 0 Å². The molecule has 0 aromatic heterocycles. The summed E-state index contributed by atoms with van der Waals surface area (Å²) in [5.41, 5.74) is 0. The smallest absolute Gasteiger partial charge is 0.217 e. The molecule has 1 amide bonds. The zero-order valence-electron chi connectivity index (χ0n) is 5.34. The molecule has 5 heteroatoms. The van der Waals surface area contributed by atoms with E-state index in [4.69, 9.17) is 0 Å². The van der Waals surface area contributed by atoms with Crippen LogP contribution in [-0.2, 0) is 20.1 Å². The Balaban J connectivity index is 3.28. The molecular formula is C4H9NO3S. The lowest BCUT2D eigenvalue weighted by Crippen LogP contribution is -2.24. The zero-order valence-corrected chi connectivity index (χ0v) is 6.16. The van der Waals surface area contributed by atoms with E-state index in [1.165, 1.54) is 14.0 Å². The van der Waals surface area contributed by atoms with Gasteiger partial charge in [0.25, 0.3) is 0 Å². The first-order chi connectivity index (χ1) is 4.16. The maximum Gasteiger partial charge on any atom is 0.217 e. The minimum absolute atomic E-state index is 0.0613. The lowest BCUT2D eigenvalue weighted by Gasteiger charge is -1.97. The second-order valence-electron chi connectivity index (χ2n) is 1.35. The predicted molar refractivity (Wildman–Crippen MR) is 33.8 cm³/mol. The largest absolute Gasteiger partial charge is 0.342 e. The van der Waals surface area contributed by atoms with Crippen LogP contribution in [0.15, 0.2) is 0 Å². The van der Waals surface area contributed by atoms with Crippen molar-refractivity contribution in [3.63, 3.8) is 0 Å². The third kappa shape index (κ3) is 5.45. The minimum atomic E-state index is -1.38. The topological polar surface area (TPSA) is 55.4 Å². The number of carbonyl (C=O) groups excluding carboxylic acids is 1. The second kappa shape index (κ2) is 4.46. The summed E-state index contributed by atoms with van der Waals surface area (Å²) in [5, 5.41) is 2.33. The summed E-state index contributed by atoms with van der Waals surface area (Å²) in [5.74, 6) is -0.147. The molecule has 0 spiro atoms. The van der Waals surface area contributed by atoms with Gasteiger partial charge in [-0.3, -0.25) is 8.98 Å². The highest BCUT2D eigenvalue weighted by molar-refractivity contribution is 7.80. The maximum absolute atomic E-state index is 10.4. The second-order valence-corrected chi connectivity index (χ2v) is 2.58. The first-order valence-corrected chi connectivity index (χ1v) is 3.58. The monoisotopic (exact) mass is 151 g/mol. The first kappa shape index (κ1) is 8.58. The van der Waals surface area contributed by atoms with Crippen LogP contribution in [0.25, 0.3) is 0 Å². The Bertz CT molecular complexity index is 125. The van der Waals surface area contributed by atoms with Crippen molar-refractivity contribution in [2.24, 2.45) is 0 Å². The molecule has 0 aromatic rings. The molecule has 0 aliphatic carbocycles. The van der Waals surface area contributed by atoms with Crippen LogP contribution in [0.3, 0.4) is 0 Å². The number of amides is 1. The van der Waals surface area contributed by atoms with Gasteiger partial charge in [-0.25, -0.2) is 4.21 Å². The van der Waals surface area contributed by atoms with Gasteiger partial charge < -0.3 is 5.32 Å². The SMILES string of the molecule is COS(=O)CNC(C)=O. The number of nitrogens with one attached hydrogen (secondary N) is 1. The van der Waals surface area contributed by atoms with Crippen LogP contribution in [0.2, 0.25) is 0 Å². The Morgan fingerprint density at radius 3 is 2.67 bits per heavy atom. The lowest BCUT2D eigenvalue weighted by molar-refractivity contribution is -0.118. The van der Waals surface area contributed by atoms with Crippen molar-refractivity contribution in [3.05, 3.63) is 0 Å². The molecule has 54 valence electrons. The molecule has 0 heterocycles. The molecule has 0 fully saturated rings. The van der Waals surface area contributed by atoms with Crippen LogP contribution in [0, 0.1) is 0 Å². The van der Waals surface area contributed by atoms with Crippen LogP contribution in [0.5, 0.6) is 0 Å². The lowest BCUT2D eigenvalue weighted by atomic mass is 10.7. The Morgan fingerprint density at radius 1 is 1.78 bits per heavy atom. The summed E-state index contributed by atoms with van der Waals surface area (Å²) in [4.78, 5) is 10.2. The fourth-order valence-electron chi connectivity index (χ4n) is 0.219. The molecule has 0 saturated heterocycles. The number of hydrogen-bond acceptors (Lipinski definition) is 3. The number of carbonyl (C=O) groups is 1. The molecular weight excluding hydrogens is 142 g/mol. The van der Waals surface area contributed by atoms with E-state index in [2.05, 4.69) is 9.50 Å². The highest BCUT2D eigenvalue weighted by atomic mass is 32.2. The summed E-state index contributed by atoms with van der Waals surface area (Å²) in [6.45, 7) is 1.35. The maximum atomic E-state index is 10.4. The summed E-state index contributed by atoms with van der Waals surface area (Å²) in [6, 6.07) is 0. The van der Waals surface area contributed by atoms with E-state index in [-0.39, 0.29) is 11.8 Å². The van der Waals surface area contributed by atoms with E-state index in [1.807, 2.05) is 0 Å². The van der Waals surface area contributed by atoms with E-state index < -0.39 is 11.1 Å². The number of rotatable bonds is 3. The predicted octanol–water partition coefficient (Wildman–Crippen LogP) is -0.610. The van der Waals surface area contributed by atoms with Crippen molar-refractivity contribution < 1.29 is 13.2 Å². The van der Waals surface area contributed by atoms with Gasteiger partial charge in [0, 0.05) is 6.92 Å². The van der Waals surface area contributed by atoms with Gasteiger partial charge in [0.2, 0.25) is 5.91 Å². The quantitative estimate of drug-likeness (QED) is 0.585. The molecule has 1 atom stereocenters. The van der Waals surface area contributed by atoms with Crippen LogP contribution in [0.4, 0.5) is 0 Å². The highest BCUT2D eigenvalue weighted by Gasteiger charge is 1.95. The summed E-state index contributed by atoms with van der Waals surface area (Å²) in [7, 11) is 1.32. The Kier molecular flexibility index (Phi) is 4.25. The van der Waals surface area contributed by atoms with Gasteiger partial charge in [-0.05, 0) is 0 Å². The standard InChI is InChI=1S/C4H9NO3S/c1-4(6)5-3-9(7)8-2/h3H2,1-2H3,(H,5,6). The minimum Gasteiger partial charge on any atom is -0.342 e. The van der Waals surface area contributed by atoms with Crippen molar-refractivity contribution in [2.45, 2.75) is 6.92 Å². The Hall–Kier alpha value is -0.420. The molecule has 0 radical (unpaired) electrons. The molecule has 0 rings (SSSR count). The van der Waals surface area contributed by atoms with E-state index >= 15 is 0 Å². The van der Waals surface area contributed by atoms with Crippen molar-refractivity contribution >= 4 is 17.0 Å². The first-order valence-electron chi connectivity index (χ1n) is 2.34. The van der Waals surface area contributed by atoms with E-state index in [9.17, 15) is 9.00 Å². The fraction of sp³-hybridized carbons (Fsp3) is 0.750. The Labute approximate surface area is 56.2 Å². The fourth-order valence-corrected chi connectivity index (χ4v) is 0.658. The summed E-state index contributed by atoms with van der Waals surface area (Å²) >= 11 is -1.38. The average molecular weight is 151 g/mol. The summed E-state index contributed by atoms with van der Waals surface area (Å²) < 4.78 is 14.7. The van der Waals surface area contributed by atoms with Gasteiger partial charge in [0.15, 0.2) is 11.1 Å². The zero-order chi connectivity index (χ0) is 7.28. The molecule has 0 aliphatic rings. The van der Waals surface area contributed by atoms with Gasteiger partial charge in [0.1, 0.15) is 5.88 Å². The van der Waals surface area contributed by atoms with Crippen LogP contribution in [0.1, 0.15) is 6.92 Å². The average Bonchev–Trinajstić information content (AvgIpc) is 1.83. The molecule has 1 N–H and O–H groups in total. The molecule has 0 bridgehead atoms. The highest BCUT2D eigenvalue weighted by Crippen LogP contribution is 1.76. The van der Waals surface area contributed by atoms with Gasteiger partial charge in [0.05, 0.1) is 7.11 Å². The van der Waals surface area contributed by atoms with Crippen LogP contribution < -0.4 is 5.32 Å². The van der Waals surface area contributed by atoms with Crippen molar-refractivity contribution in [1.29, 1.82) is 0 Å². The molecule has 4 nitrogen and oxygen atoms in total. The summed E-state index contributed by atoms with van der Waals surface area (Å²) in [6.07, 6.45) is 0. The van der Waals surface area contributed by atoms with Gasteiger partial charge >= 0.3 is 0 Å². The van der Waals surface area contributed by atoms with Gasteiger partial charge in [-0.1, -0.05) is 0 Å².